The molecule has 29 heavy (non-hydrogen) atoms. The number of alkyl carbamates (subject to hydrolysis) is 1. The van der Waals surface area contributed by atoms with E-state index in [0.717, 1.165) is 22.3 Å². The number of carbonyl (C=O) groups is 3. The maximum absolute atomic E-state index is 12.2. The zero-order valence-corrected chi connectivity index (χ0v) is 16.1. The van der Waals surface area contributed by atoms with Crippen LogP contribution in [0.5, 0.6) is 0 Å². The van der Waals surface area contributed by atoms with Gasteiger partial charge in [0.2, 0.25) is 5.91 Å². The third kappa shape index (κ3) is 3.33. The molecule has 2 N–H and O–H groups in total. The van der Waals surface area contributed by atoms with Gasteiger partial charge in [-0.1, -0.05) is 48.5 Å². The molecule has 2 aromatic rings. The van der Waals surface area contributed by atoms with Crippen molar-refractivity contribution in [3.8, 4) is 11.1 Å². The van der Waals surface area contributed by atoms with Crippen molar-refractivity contribution in [3.05, 3.63) is 59.7 Å². The number of carboxylic acid groups (broad SMARTS) is 1. The lowest BCUT2D eigenvalue weighted by Crippen LogP contribution is -2.48. The fourth-order valence-electron chi connectivity index (χ4n) is 3.97. The highest BCUT2D eigenvalue weighted by atomic mass is 16.5. The van der Waals surface area contributed by atoms with Gasteiger partial charge in [-0.3, -0.25) is 4.79 Å². The first-order chi connectivity index (χ1) is 13.9. The van der Waals surface area contributed by atoms with Crippen molar-refractivity contribution in [3.63, 3.8) is 0 Å². The van der Waals surface area contributed by atoms with Crippen molar-refractivity contribution in [1.82, 2.24) is 10.2 Å². The number of aliphatic carboxylic acids is 1. The molecule has 150 valence electrons. The zero-order valence-electron chi connectivity index (χ0n) is 16.1. The summed E-state index contributed by atoms with van der Waals surface area (Å²) in [5, 5.41) is 11.7. The molecule has 0 heterocycles. The van der Waals surface area contributed by atoms with Crippen LogP contribution in [-0.4, -0.2) is 53.7 Å². The lowest BCUT2D eigenvalue weighted by Gasteiger charge is -2.24. The molecule has 1 saturated carbocycles. The maximum Gasteiger partial charge on any atom is 0.407 e. The van der Waals surface area contributed by atoms with Gasteiger partial charge >= 0.3 is 12.1 Å². The molecule has 2 amide bonds. The van der Waals surface area contributed by atoms with Crippen LogP contribution in [0.15, 0.2) is 48.5 Å². The van der Waals surface area contributed by atoms with E-state index in [-0.39, 0.29) is 19.1 Å². The predicted molar refractivity (Wildman–Crippen MR) is 105 cm³/mol. The van der Waals surface area contributed by atoms with Gasteiger partial charge in [-0.25, -0.2) is 9.59 Å². The second kappa shape index (κ2) is 7.24. The van der Waals surface area contributed by atoms with Crippen LogP contribution in [-0.2, 0) is 14.3 Å². The summed E-state index contributed by atoms with van der Waals surface area (Å²) in [4.78, 5) is 36.9. The summed E-state index contributed by atoms with van der Waals surface area (Å²) in [6.07, 6.45) is 0.152. The molecule has 0 bridgehead atoms. The van der Waals surface area contributed by atoms with Crippen molar-refractivity contribution in [1.29, 1.82) is 0 Å². The van der Waals surface area contributed by atoms with Crippen LogP contribution in [0.3, 0.4) is 0 Å². The van der Waals surface area contributed by atoms with E-state index in [2.05, 4.69) is 17.4 Å². The lowest BCUT2D eigenvalue weighted by molar-refractivity contribution is -0.150. The van der Waals surface area contributed by atoms with Gasteiger partial charge in [0.15, 0.2) is 0 Å². The monoisotopic (exact) mass is 394 g/mol. The van der Waals surface area contributed by atoms with Crippen molar-refractivity contribution < 1.29 is 24.2 Å². The highest BCUT2D eigenvalue weighted by Gasteiger charge is 2.55. The average Bonchev–Trinajstić information content (AvgIpc) is 3.49. The Kier molecular flexibility index (Phi) is 4.74. The van der Waals surface area contributed by atoms with Crippen molar-refractivity contribution >= 4 is 18.0 Å². The summed E-state index contributed by atoms with van der Waals surface area (Å²) in [5.41, 5.74) is 3.36. The molecule has 0 saturated heterocycles. The van der Waals surface area contributed by atoms with E-state index >= 15 is 0 Å². The molecule has 0 unspecified atom stereocenters. The minimum absolute atomic E-state index is 0.0618. The Balaban J connectivity index is 1.35. The Hall–Kier alpha value is -3.35. The number of hydrogen-bond donors (Lipinski definition) is 2. The van der Waals surface area contributed by atoms with E-state index in [0.29, 0.717) is 12.8 Å². The van der Waals surface area contributed by atoms with Crippen LogP contribution in [0.2, 0.25) is 0 Å². The van der Waals surface area contributed by atoms with Crippen LogP contribution in [0.25, 0.3) is 11.1 Å². The molecular formula is C22H22N2O5. The largest absolute Gasteiger partial charge is 0.479 e. The molecule has 0 radical (unpaired) electrons. The predicted octanol–water partition coefficient (Wildman–Crippen LogP) is 2.60. The van der Waals surface area contributed by atoms with Crippen LogP contribution >= 0.6 is 0 Å². The first-order valence-electron chi connectivity index (χ1n) is 9.53. The third-order valence-corrected chi connectivity index (χ3v) is 5.87. The molecule has 4 rings (SSSR count). The smallest absolute Gasteiger partial charge is 0.407 e. The number of hydrogen-bond acceptors (Lipinski definition) is 4. The topological polar surface area (TPSA) is 95.9 Å². The second-order valence-corrected chi connectivity index (χ2v) is 7.47. The quantitative estimate of drug-likeness (QED) is 0.785. The van der Waals surface area contributed by atoms with Crippen molar-refractivity contribution in [2.45, 2.75) is 24.3 Å². The van der Waals surface area contributed by atoms with E-state index in [4.69, 9.17) is 4.74 Å². The van der Waals surface area contributed by atoms with Crippen molar-refractivity contribution in [2.75, 3.05) is 20.2 Å². The number of nitrogens with one attached hydrogen (secondary N) is 1. The summed E-state index contributed by atoms with van der Waals surface area (Å²) >= 11 is 0. The zero-order chi connectivity index (χ0) is 20.6. The van der Waals surface area contributed by atoms with Crippen LogP contribution in [0.4, 0.5) is 4.79 Å². The van der Waals surface area contributed by atoms with Gasteiger partial charge in [-0.05, 0) is 35.1 Å². The van der Waals surface area contributed by atoms with Gasteiger partial charge in [0.05, 0.1) is 0 Å². The van der Waals surface area contributed by atoms with Crippen LogP contribution in [0.1, 0.15) is 29.9 Å². The number of rotatable bonds is 6. The van der Waals surface area contributed by atoms with Gasteiger partial charge in [0.1, 0.15) is 18.7 Å². The van der Waals surface area contributed by atoms with E-state index in [1.807, 2.05) is 36.4 Å². The van der Waals surface area contributed by atoms with Gasteiger partial charge in [-0.15, -0.1) is 0 Å². The summed E-state index contributed by atoms with van der Waals surface area (Å²) in [7, 11) is 1.45. The van der Waals surface area contributed by atoms with Crippen LogP contribution < -0.4 is 5.32 Å². The number of likely N-dealkylation sites (N-methyl/N-ethyl adjacent to an activating group) is 1. The molecular weight excluding hydrogens is 372 g/mol. The van der Waals surface area contributed by atoms with E-state index in [1.165, 1.54) is 11.9 Å². The third-order valence-electron chi connectivity index (χ3n) is 5.87. The molecule has 2 aromatic carbocycles. The fourth-order valence-corrected chi connectivity index (χ4v) is 3.97. The SMILES string of the molecule is CN(C(=O)CNC(=O)OCC1c2ccccc2-c2ccccc21)C1(C(=O)O)CC1. The summed E-state index contributed by atoms with van der Waals surface area (Å²) in [6, 6.07) is 16.1. The Morgan fingerprint density at radius 3 is 2.14 bits per heavy atom. The van der Waals surface area contributed by atoms with Crippen LogP contribution in [0, 0.1) is 0 Å². The van der Waals surface area contributed by atoms with E-state index < -0.39 is 23.5 Å². The van der Waals surface area contributed by atoms with Gasteiger partial charge < -0.3 is 20.1 Å². The summed E-state index contributed by atoms with van der Waals surface area (Å²) in [6.45, 7) is -0.148. The number of carbonyl (C=O) groups excluding carboxylic acids is 2. The number of nitrogens with zero attached hydrogens (tertiary/aromatic N) is 1. The fraction of sp³-hybridized carbons (Fsp3) is 0.318. The average molecular weight is 394 g/mol. The Morgan fingerprint density at radius 1 is 1.07 bits per heavy atom. The molecule has 2 aliphatic rings. The maximum atomic E-state index is 12.2. The molecule has 0 atom stereocenters. The standard InChI is InChI=1S/C22H22N2O5/c1-24(22(10-11-22)20(26)27)19(25)12-23-21(28)29-13-18-16-8-4-2-6-14(16)15-7-3-5-9-17(15)18/h2-9,18H,10-13H2,1H3,(H,23,28)(H,26,27). The Bertz CT molecular complexity index is 937. The normalized spacial score (nSPS) is 15.8. The number of carboxylic acids is 1. The van der Waals surface area contributed by atoms with Crippen molar-refractivity contribution in [2.24, 2.45) is 0 Å². The minimum atomic E-state index is -1.13. The van der Waals surface area contributed by atoms with E-state index in [9.17, 15) is 19.5 Å². The Morgan fingerprint density at radius 2 is 1.62 bits per heavy atom. The summed E-state index contributed by atoms with van der Waals surface area (Å²) < 4.78 is 5.38. The number of fused-ring (bicyclic) bond motifs is 3. The first kappa shape index (κ1) is 19.0. The Labute approximate surface area is 168 Å². The van der Waals surface area contributed by atoms with Gasteiger partial charge in [-0.2, -0.15) is 0 Å². The molecule has 2 aliphatic carbocycles. The molecule has 1 fully saturated rings. The molecule has 7 heteroatoms. The molecule has 0 aliphatic heterocycles. The summed E-state index contributed by atoms with van der Waals surface area (Å²) in [5.74, 6) is -1.54. The molecule has 0 aromatic heterocycles. The lowest BCUT2D eigenvalue weighted by atomic mass is 9.98. The highest BCUT2D eigenvalue weighted by Crippen LogP contribution is 2.44. The highest BCUT2D eigenvalue weighted by molar-refractivity contribution is 5.91. The van der Waals surface area contributed by atoms with E-state index in [1.54, 1.807) is 0 Å². The number of ether oxygens (including phenoxy) is 1. The molecule has 7 nitrogen and oxygen atoms in total. The van der Waals surface area contributed by atoms with Gasteiger partial charge in [0.25, 0.3) is 0 Å². The first-order valence-corrected chi connectivity index (χ1v) is 9.53. The molecule has 0 spiro atoms. The number of amides is 2. The number of benzene rings is 2. The van der Waals surface area contributed by atoms with Gasteiger partial charge in [0, 0.05) is 13.0 Å². The minimum Gasteiger partial charge on any atom is -0.479 e. The second-order valence-electron chi connectivity index (χ2n) is 7.47.